The van der Waals surface area contributed by atoms with Gasteiger partial charge in [-0.25, -0.2) is 0 Å². The second-order valence-corrected chi connectivity index (χ2v) is 5.66. The van der Waals surface area contributed by atoms with Gasteiger partial charge in [-0.05, 0) is 67.7 Å². The first-order valence-corrected chi connectivity index (χ1v) is 7.18. The molecule has 0 radical (unpaired) electrons. The van der Waals surface area contributed by atoms with Gasteiger partial charge in [-0.1, -0.05) is 24.3 Å². The quantitative estimate of drug-likeness (QED) is 0.910. The summed E-state index contributed by atoms with van der Waals surface area (Å²) in [7, 11) is 0. The number of benzene rings is 2. The maximum atomic E-state index is 9.57. The highest BCUT2D eigenvalue weighted by Gasteiger charge is 2.18. The molecule has 3 heteroatoms. The molecule has 0 saturated carbocycles. The Balaban J connectivity index is 0.00000147. The molecule has 0 amide bonds. The van der Waals surface area contributed by atoms with Crippen molar-refractivity contribution in [2.75, 3.05) is 13.1 Å². The van der Waals surface area contributed by atoms with Gasteiger partial charge in [0.15, 0.2) is 0 Å². The van der Waals surface area contributed by atoms with Crippen LogP contribution in [-0.2, 0) is 6.42 Å². The number of phenolic OH excluding ortho intramolecular Hbond substituents is 1. The van der Waals surface area contributed by atoms with Gasteiger partial charge in [-0.2, -0.15) is 0 Å². The molecule has 1 unspecified atom stereocenters. The van der Waals surface area contributed by atoms with E-state index in [0.717, 1.165) is 11.8 Å². The summed E-state index contributed by atoms with van der Waals surface area (Å²) in [6, 6.07) is 12.7. The van der Waals surface area contributed by atoms with Gasteiger partial charge < -0.3 is 10.0 Å². The summed E-state index contributed by atoms with van der Waals surface area (Å²) in [6.07, 6.45) is 3.78. The lowest BCUT2D eigenvalue weighted by Gasteiger charge is -2.23. The fourth-order valence-corrected chi connectivity index (χ4v) is 3.06. The monoisotopic (exact) mass is 335 g/mol. The van der Waals surface area contributed by atoms with Crippen LogP contribution in [0.5, 0.6) is 5.75 Å². The molecule has 1 saturated heterocycles. The minimum atomic E-state index is 0. The highest BCUT2D eigenvalue weighted by Crippen LogP contribution is 2.23. The molecule has 0 bridgehead atoms. The van der Waals surface area contributed by atoms with Crippen molar-refractivity contribution in [3.8, 4) is 5.75 Å². The number of halogens is 1. The van der Waals surface area contributed by atoms with Gasteiger partial charge >= 0.3 is 0 Å². The van der Waals surface area contributed by atoms with Crippen molar-refractivity contribution in [3.63, 3.8) is 0 Å². The third-order valence-corrected chi connectivity index (χ3v) is 4.18. The van der Waals surface area contributed by atoms with Gasteiger partial charge in [-0.15, -0.1) is 17.0 Å². The first-order valence-electron chi connectivity index (χ1n) is 7.18. The molecule has 0 aliphatic carbocycles. The number of rotatable bonds is 3. The maximum Gasteiger partial charge on any atom is 0.116 e. The summed E-state index contributed by atoms with van der Waals surface area (Å²) in [5.41, 5.74) is 1.36. The summed E-state index contributed by atoms with van der Waals surface area (Å²) in [5.74, 6) is 0.345. The van der Waals surface area contributed by atoms with Crippen LogP contribution in [0.1, 0.15) is 25.3 Å². The molecule has 3 rings (SSSR count). The Morgan fingerprint density at radius 3 is 2.50 bits per heavy atom. The van der Waals surface area contributed by atoms with Crippen LogP contribution in [0.2, 0.25) is 0 Å². The lowest BCUT2D eigenvalue weighted by Crippen LogP contribution is -2.31. The van der Waals surface area contributed by atoms with Crippen molar-refractivity contribution in [2.24, 2.45) is 0 Å². The molecular formula is C17H22BrNO. The number of hydrogen-bond acceptors (Lipinski definition) is 2. The molecule has 0 spiro atoms. The van der Waals surface area contributed by atoms with E-state index in [1.807, 2.05) is 12.1 Å². The molecule has 1 atom stereocenters. The van der Waals surface area contributed by atoms with E-state index in [4.69, 9.17) is 0 Å². The molecule has 1 aliphatic rings. The predicted molar refractivity (Wildman–Crippen MR) is 89.9 cm³/mol. The Kier molecular flexibility index (Phi) is 5.06. The van der Waals surface area contributed by atoms with Crippen LogP contribution in [0.25, 0.3) is 10.8 Å². The van der Waals surface area contributed by atoms with Gasteiger partial charge in [0.25, 0.3) is 0 Å². The molecule has 2 aromatic carbocycles. The zero-order chi connectivity index (χ0) is 13.2. The Hall–Kier alpha value is -1.06. The number of aromatic hydroxyl groups is 1. The minimum absolute atomic E-state index is 0. The highest BCUT2D eigenvalue weighted by molar-refractivity contribution is 8.93. The minimum Gasteiger partial charge on any atom is -0.508 e. The third kappa shape index (κ3) is 3.33. The van der Waals surface area contributed by atoms with Crippen LogP contribution in [0.3, 0.4) is 0 Å². The van der Waals surface area contributed by atoms with Crippen LogP contribution >= 0.6 is 17.0 Å². The molecule has 1 fully saturated rings. The summed E-state index contributed by atoms with van der Waals surface area (Å²) in [5, 5.41) is 11.9. The number of fused-ring (bicyclic) bond motifs is 1. The van der Waals surface area contributed by atoms with E-state index < -0.39 is 0 Å². The van der Waals surface area contributed by atoms with Crippen LogP contribution in [0.4, 0.5) is 0 Å². The zero-order valence-corrected chi connectivity index (χ0v) is 13.6. The molecular weight excluding hydrogens is 314 g/mol. The van der Waals surface area contributed by atoms with Crippen molar-refractivity contribution in [1.29, 1.82) is 0 Å². The molecule has 2 nitrogen and oxygen atoms in total. The average molecular weight is 336 g/mol. The summed E-state index contributed by atoms with van der Waals surface area (Å²) < 4.78 is 0. The van der Waals surface area contributed by atoms with Crippen molar-refractivity contribution >= 4 is 27.8 Å². The molecule has 108 valence electrons. The Bertz CT molecular complexity index is 578. The summed E-state index contributed by atoms with van der Waals surface area (Å²) in [6.45, 7) is 4.81. The number of likely N-dealkylation sites (tertiary alicyclic amines) is 1. The normalized spacial score (nSPS) is 17.1. The van der Waals surface area contributed by atoms with E-state index in [2.05, 4.69) is 30.0 Å². The fourth-order valence-electron chi connectivity index (χ4n) is 3.06. The van der Waals surface area contributed by atoms with E-state index in [9.17, 15) is 5.11 Å². The van der Waals surface area contributed by atoms with Gasteiger partial charge in [0.2, 0.25) is 0 Å². The first kappa shape index (κ1) is 15.3. The Morgan fingerprint density at radius 2 is 1.75 bits per heavy atom. The molecule has 1 aliphatic heterocycles. The molecule has 1 N–H and O–H groups in total. The van der Waals surface area contributed by atoms with Crippen LogP contribution in [-0.4, -0.2) is 29.1 Å². The van der Waals surface area contributed by atoms with Crippen molar-refractivity contribution < 1.29 is 5.11 Å². The Morgan fingerprint density at radius 1 is 1.05 bits per heavy atom. The second-order valence-electron chi connectivity index (χ2n) is 5.66. The lowest BCUT2D eigenvalue weighted by atomic mass is 10.0. The summed E-state index contributed by atoms with van der Waals surface area (Å²) >= 11 is 0. The smallest absolute Gasteiger partial charge is 0.116 e. The van der Waals surface area contributed by atoms with Crippen LogP contribution in [0.15, 0.2) is 36.4 Å². The van der Waals surface area contributed by atoms with Crippen LogP contribution in [0, 0.1) is 0 Å². The molecule has 2 aromatic rings. The van der Waals surface area contributed by atoms with Gasteiger partial charge in [-0.3, -0.25) is 0 Å². The largest absolute Gasteiger partial charge is 0.508 e. The molecule has 20 heavy (non-hydrogen) atoms. The molecule has 0 aromatic heterocycles. The van der Waals surface area contributed by atoms with Crippen LogP contribution < -0.4 is 0 Å². The SMILES string of the molecule is Br.CC(Cc1ccc2ccc(O)cc2c1)N1CCCC1. The van der Waals surface area contributed by atoms with Gasteiger partial charge in [0.1, 0.15) is 5.75 Å². The van der Waals surface area contributed by atoms with E-state index >= 15 is 0 Å². The van der Waals surface area contributed by atoms with E-state index in [1.54, 1.807) is 6.07 Å². The molecule has 1 heterocycles. The van der Waals surface area contributed by atoms with E-state index in [-0.39, 0.29) is 17.0 Å². The zero-order valence-electron chi connectivity index (χ0n) is 11.9. The van der Waals surface area contributed by atoms with Crippen molar-refractivity contribution in [1.82, 2.24) is 4.90 Å². The highest BCUT2D eigenvalue weighted by atomic mass is 79.9. The Labute approximate surface area is 131 Å². The number of phenols is 1. The first-order chi connectivity index (χ1) is 9.22. The van der Waals surface area contributed by atoms with Crippen molar-refractivity contribution in [3.05, 3.63) is 42.0 Å². The third-order valence-electron chi connectivity index (χ3n) is 4.18. The topological polar surface area (TPSA) is 23.5 Å². The fraction of sp³-hybridized carbons (Fsp3) is 0.412. The van der Waals surface area contributed by atoms with E-state index in [1.165, 1.54) is 36.9 Å². The number of nitrogens with zero attached hydrogens (tertiary/aromatic N) is 1. The van der Waals surface area contributed by atoms with Crippen molar-refractivity contribution in [2.45, 2.75) is 32.2 Å². The summed E-state index contributed by atoms with van der Waals surface area (Å²) in [4.78, 5) is 2.58. The van der Waals surface area contributed by atoms with Gasteiger partial charge in [0.05, 0.1) is 0 Å². The van der Waals surface area contributed by atoms with E-state index in [0.29, 0.717) is 11.8 Å². The standard InChI is InChI=1S/C17H21NO.BrH/c1-13(18-8-2-3-9-18)10-14-4-5-15-6-7-17(19)12-16(15)11-14;/h4-7,11-13,19H,2-3,8-10H2,1H3;1H. The number of hydrogen-bond donors (Lipinski definition) is 1. The van der Waals surface area contributed by atoms with Gasteiger partial charge in [0, 0.05) is 6.04 Å². The predicted octanol–water partition coefficient (Wildman–Crippen LogP) is 4.15. The second kappa shape index (κ2) is 6.59. The average Bonchev–Trinajstić information content (AvgIpc) is 2.92. The maximum absolute atomic E-state index is 9.57. The lowest BCUT2D eigenvalue weighted by molar-refractivity contribution is 0.258.